The number of fused-ring (bicyclic) bond motifs is 12. The zero-order valence-electron chi connectivity index (χ0n) is 26.8. The lowest BCUT2D eigenvalue weighted by Gasteiger charge is -2.31. The van der Waals surface area contributed by atoms with Gasteiger partial charge in [-0.15, -0.1) is 0 Å². The smallest absolute Gasteiger partial charge is 0.171 e. The first-order chi connectivity index (χ1) is 24.2. The van der Waals surface area contributed by atoms with E-state index in [-0.39, 0.29) is 0 Å². The van der Waals surface area contributed by atoms with Crippen LogP contribution in [0.25, 0.3) is 44.2 Å². The largest absolute Gasteiger partial charge is 0.309 e. The highest BCUT2D eigenvalue weighted by Crippen LogP contribution is 2.64. The Bertz CT molecular complexity index is 2530. The van der Waals surface area contributed by atoms with Gasteiger partial charge in [0.25, 0.3) is 0 Å². The quantitative estimate of drug-likeness (QED) is 0.175. The third kappa shape index (κ3) is 3.85. The van der Waals surface area contributed by atoms with Crippen molar-refractivity contribution in [3.63, 3.8) is 0 Å². The predicted molar refractivity (Wildman–Crippen MR) is 205 cm³/mol. The number of rotatable bonds is 4. The van der Waals surface area contributed by atoms with Crippen LogP contribution in [-0.4, -0.2) is 0 Å². The van der Waals surface area contributed by atoms with Crippen molar-refractivity contribution in [1.29, 1.82) is 0 Å². The molecule has 0 saturated heterocycles. The first-order valence-electron chi connectivity index (χ1n) is 16.9. The Morgan fingerprint density at radius 3 is 1.55 bits per heavy atom. The molecule has 1 nitrogen and oxygen atoms in total. The Morgan fingerprint density at radius 2 is 0.898 bits per heavy atom. The third-order valence-electron chi connectivity index (χ3n) is 10.8. The summed E-state index contributed by atoms with van der Waals surface area (Å²) in [6, 6.07) is 66.6. The maximum Gasteiger partial charge on any atom is 0.171 e. The van der Waals surface area contributed by atoms with Gasteiger partial charge in [-0.05, 0) is 72.5 Å². The van der Waals surface area contributed by atoms with Gasteiger partial charge in [0.1, 0.15) is 0 Å². The molecule has 0 unspecified atom stereocenters. The van der Waals surface area contributed by atoms with E-state index in [1.165, 1.54) is 55.3 Å². The second kappa shape index (κ2) is 10.6. The highest BCUT2D eigenvalue weighted by molar-refractivity contribution is 7.85. The van der Waals surface area contributed by atoms with Crippen molar-refractivity contribution < 1.29 is 4.57 Å². The number of benzene rings is 8. The second-order valence-corrected chi connectivity index (χ2v) is 15.9. The van der Waals surface area contributed by atoms with Crippen LogP contribution in [0.4, 0.5) is 0 Å². The minimum Gasteiger partial charge on any atom is -0.309 e. The van der Waals surface area contributed by atoms with Crippen LogP contribution < -0.4 is 15.9 Å². The average Bonchev–Trinajstić information content (AvgIpc) is 3.65. The first kappa shape index (κ1) is 28.3. The van der Waals surface area contributed by atoms with E-state index in [9.17, 15) is 0 Å². The Morgan fingerprint density at radius 1 is 0.367 bits per heavy atom. The minimum absolute atomic E-state index is 0.422. The Balaban J connectivity index is 1.19. The molecule has 0 fully saturated rings. The Hall–Kier alpha value is -5.75. The fraction of sp³-hybridized carbons (Fsp3) is 0.0213. The normalized spacial score (nSPS) is 13.6. The predicted octanol–water partition coefficient (Wildman–Crippen LogP) is 10.5. The van der Waals surface area contributed by atoms with E-state index in [1.54, 1.807) is 0 Å². The van der Waals surface area contributed by atoms with Gasteiger partial charge in [0.15, 0.2) is 7.14 Å². The van der Waals surface area contributed by atoms with E-state index in [4.69, 9.17) is 0 Å². The van der Waals surface area contributed by atoms with Crippen molar-refractivity contribution in [2.24, 2.45) is 0 Å². The SMILES string of the molecule is O=P(c1ccccc1)(c1ccccc1)c1ccc(-c2ccc3c(c2)C2(c4ccccc4-c4ccccc42)c2ccc4ccccc4c2-3)cc1. The summed E-state index contributed by atoms with van der Waals surface area (Å²) in [4.78, 5) is 0. The highest BCUT2D eigenvalue weighted by atomic mass is 31.2. The summed E-state index contributed by atoms with van der Waals surface area (Å²) in [7, 11) is -3.06. The lowest BCUT2D eigenvalue weighted by molar-refractivity contribution is 0.592. The zero-order valence-corrected chi connectivity index (χ0v) is 27.6. The van der Waals surface area contributed by atoms with Gasteiger partial charge in [-0.25, -0.2) is 0 Å². The molecular weight excluding hydrogens is 611 g/mol. The molecular formula is C47H31OP. The van der Waals surface area contributed by atoms with Gasteiger partial charge in [0, 0.05) is 15.9 Å². The van der Waals surface area contributed by atoms with Crippen LogP contribution in [-0.2, 0) is 9.98 Å². The first-order valence-corrected chi connectivity index (χ1v) is 18.6. The van der Waals surface area contributed by atoms with Gasteiger partial charge in [0.2, 0.25) is 0 Å². The van der Waals surface area contributed by atoms with Gasteiger partial charge >= 0.3 is 0 Å². The van der Waals surface area contributed by atoms with E-state index in [1.807, 2.05) is 60.7 Å². The highest BCUT2D eigenvalue weighted by Gasteiger charge is 2.52. The monoisotopic (exact) mass is 642 g/mol. The van der Waals surface area contributed by atoms with Gasteiger partial charge < -0.3 is 4.57 Å². The molecule has 8 aromatic rings. The van der Waals surface area contributed by atoms with E-state index in [0.29, 0.717) is 0 Å². The van der Waals surface area contributed by atoms with Crippen molar-refractivity contribution in [2.45, 2.75) is 5.41 Å². The lowest BCUT2D eigenvalue weighted by atomic mass is 9.70. The van der Waals surface area contributed by atoms with Crippen LogP contribution in [0.3, 0.4) is 0 Å². The van der Waals surface area contributed by atoms with Crippen LogP contribution >= 0.6 is 7.14 Å². The van der Waals surface area contributed by atoms with Gasteiger partial charge in [-0.3, -0.25) is 0 Å². The third-order valence-corrected chi connectivity index (χ3v) is 13.9. The fourth-order valence-corrected chi connectivity index (χ4v) is 11.3. The van der Waals surface area contributed by atoms with Crippen molar-refractivity contribution in [3.8, 4) is 33.4 Å². The lowest BCUT2D eigenvalue weighted by Crippen LogP contribution is -2.26. The van der Waals surface area contributed by atoms with Gasteiger partial charge in [-0.1, -0.05) is 182 Å². The van der Waals surface area contributed by atoms with E-state index in [2.05, 4.69) is 127 Å². The number of hydrogen-bond acceptors (Lipinski definition) is 1. The summed E-state index contributed by atoms with van der Waals surface area (Å²) in [6.07, 6.45) is 0. The Kier molecular flexibility index (Phi) is 6.13. The molecule has 0 heterocycles. The fourth-order valence-electron chi connectivity index (χ4n) is 8.67. The Labute approximate surface area is 286 Å². The van der Waals surface area contributed by atoms with E-state index < -0.39 is 12.6 Å². The molecule has 0 atom stereocenters. The summed E-state index contributed by atoms with van der Waals surface area (Å²) in [6.45, 7) is 0. The van der Waals surface area contributed by atoms with E-state index in [0.717, 1.165) is 27.0 Å². The molecule has 0 aromatic heterocycles. The summed E-state index contributed by atoms with van der Waals surface area (Å²) in [5, 5.41) is 5.07. The molecule has 2 aliphatic rings. The molecule has 49 heavy (non-hydrogen) atoms. The molecule has 2 aliphatic carbocycles. The van der Waals surface area contributed by atoms with Gasteiger partial charge in [0.05, 0.1) is 5.41 Å². The molecule has 230 valence electrons. The molecule has 0 bridgehead atoms. The van der Waals surface area contributed by atoms with E-state index >= 15 is 4.57 Å². The molecule has 0 radical (unpaired) electrons. The maximum atomic E-state index is 15.1. The van der Waals surface area contributed by atoms with Crippen LogP contribution in [0.15, 0.2) is 188 Å². The van der Waals surface area contributed by atoms with Crippen molar-refractivity contribution in [1.82, 2.24) is 0 Å². The topological polar surface area (TPSA) is 17.1 Å². The summed E-state index contributed by atoms with van der Waals surface area (Å²) in [5.41, 5.74) is 12.4. The van der Waals surface area contributed by atoms with Crippen LogP contribution in [0, 0.1) is 0 Å². The molecule has 0 N–H and O–H groups in total. The van der Waals surface area contributed by atoms with Crippen molar-refractivity contribution >= 4 is 33.8 Å². The molecule has 0 aliphatic heterocycles. The maximum absolute atomic E-state index is 15.1. The molecule has 8 aromatic carbocycles. The molecule has 2 heteroatoms. The van der Waals surface area contributed by atoms with Crippen LogP contribution in [0.5, 0.6) is 0 Å². The van der Waals surface area contributed by atoms with Crippen molar-refractivity contribution in [2.75, 3.05) is 0 Å². The standard InChI is InChI=1S/C47H31OP/c48-49(35-14-3-1-4-15-35,36-16-5-2-6-17-36)37-27-23-32(24-28-37)34-25-29-41-45(31-34)47(44-30-26-33-13-7-8-18-38(33)46(41)44)42-21-11-9-19-39(42)40-20-10-12-22-43(40)47/h1-31H. The minimum atomic E-state index is -3.06. The molecule has 0 saturated carbocycles. The van der Waals surface area contributed by atoms with Crippen LogP contribution in [0.1, 0.15) is 22.3 Å². The summed E-state index contributed by atoms with van der Waals surface area (Å²) in [5.74, 6) is 0. The molecule has 1 spiro atoms. The summed E-state index contributed by atoms with van der Waals surface area (Å²) >= 11 is 0. The second-order valence-electron chi connectivity index (χ2n) is 13.1. The molecule has 0 amide bonds. The zero-order chi connectivity index (χ0) is 32.6. The molecule has 10 rings (SSSR count). The average molecular weight is 643 g/mol. The van der Waals surface area contributed by atoms with Crippen LogP contribution in [0.2, 0.25) is 0 Å². The number of hydrogen-bond donors (Lipinski definition) is 0. The van der Waals surface area contributed by atoms with Crippen molar-refractivity contribution in [3.05, 3.63) is 210 Å². The van der Waals surface area contributed by atoms with Gasteiger partial charge in [-0.2, -0.15) is 0 Å². The summed E-state index contributed by atoms with van der Waals surface area (Å²) < 4.78 is 15.1.